The number of aromatic nitrogens is 2. The molecule has 0 aliphatic heterocycles. The van der Waals surface area contributed by atoms with E-state index < -0.39 is 0 Å². The van der Waals surface area contributed by atoms with Gasteiger partial charge >= 0.3 is 0 Å². The highest BCUT2D eigenvalue weighted by atomic mass is 32.2. The van der Waals surface area contributed by atoms with E-state index in [0.717, 1.165) is 5.82 Å². The van der Waals surface area contributed by atoms with Crippen molar-refractivity contribution in [3.63, 3.8) is 0 Å². The molecule has 0 unspecified atom stereocenters. The Morgan fingerprint density at radius 2 is 1.91 bits per heavy atom. The molecule has 0 aliphatic rings. The molecule has 0 saturated carbocycles. The molecule has 60 valence electrons. The predicted molar refractivity (Wildman–Crippen MR) is 43.1 cm³/mol. The zero-order valence-corrected chi connectivity index (χ0v) is 7.23. The van der Waals surface area contributed by atoms with Crippen LogP contribution in [0.2, 0.25) is 0 Å². The second-order valence-corrected chi connectivity index (χ2v) is 3.13. The third kappa shape index (κ3) is 2.15. The Hall–Kier alpha value is -0.640. The van der Waals surface area contributed by atoms with E-state index >= 15 is 0 Å². The highest BCUT2D eigenvalue weighted by Crippen LogP contribution is 2.17. The third-order valence-corrected chi connectivity index (χ3v) is 1.64. The van der Waals surface area contributed by atoms with Crippen molar-refractivity contribution in [2.24, 2.45) is 0 Å². The Morgan fingerprint density at radius 1 is 1.36 bits per heavy atom. The topological polar surface area (TPSA) is 25.8 Å². The summed E-state index contributed by atoms with van der Waals surface area (Å²) in [5.41, 5.74) is 0. The molecule has 0 amide bonds. The van der Waals surface area contributed by atoms with Gasteiger partial charge in [0.25, 0.3) is 0 Å². The first kappa shape index (κ1) is 8.46. The average Bonchev–Trinajstić information content (AvgIpc) is 2.05. The SMILES string of the molecule is CC(C)c1ncc(SF)cn1. The normalized spacial score (nSPS) is 10.5. The minimum absolute atomic E-state index is 0.164. The molecule has 4 heteroatoms. The number of rotatable bonds is 2. The second-order valence-electron chi connectivity index (χ2n) is 2.51. The molecule has 0 atom stereocenters. The Morgan fingerprint density at radius 3 is 2.27 bits per heavy atom. The maximum absolute atomic E-state index is 11.9. The standard InChI is InChI=1S/C7H9FN2S/c1-5(2)7-9-3-6(11-8)4-10-7/h3-5H,1-2H3. The minimum Gasteiger partial charge on any atom is -0.240 e. The molecule has 1 aromatic heterocycles. The molecule has 0 spiro atoms. The van der Waals surface area contributed by atoms with E-state index in [1.165, 1.54) is 12.4 Å². The molecule has 0 radical (unpaired) electrons. The van der Waals surface area contributed by atoms with Gasteiger partial charge in [0.05, 0.1) is 17.0 Å². The number of hydrogen-bond donors (Lipinski definition) is 0. The first-order chi connectivity index (χ1) is 5.24. The van der Waals surface area contributed by atoms with Gasteiger partial charge in [-0.1, -0.05) is 13.8 Å². The molecule has 1 aromatic rings. The molecule has 2 nitrogen and oxygen atoms in total. The second kappa shape index (κ2) is 3.67. The maximum atomic E-state index is 11.9. The summed E-state index contributed by atoms with van der Waals surface area (Å²) in [6.45, 7) is 4.00. The summed E-state index contributed by atoms with van der Waals surface area (Å²) in [6, 6.07) is 0. The van der Waals surface area contributed by atoms with Gasteiger partial charge in [0.2, 0.25) is 0 Å². The van der Waals surface area contributed by atoms with Crippen LogP contribution in [0.5, 0.6) is 0 Å². The fourth-order valence-corrected chi connectivity index (χ4v) is 0.849. The van der Waals surface area contributed by atoms with Crippen LogP contribution in [0, 0.1) is 0 Å². The fraction of sp³-hybridized carbons (Fsp3) is 0.429. The Bertz CT molecular complexity index is 222. The van der Waals surface area contributed by atoms with Crippen LogP contribution < -0.4 is 0 Å². The van der Waals surface area contributed by atoms with Crippen molar-refractivity contribution in [2.45, 2.75) is 24.7 Å². The Kier molecular flexibility index (Phi) is 2.82. The molecule has 11 heavy (non-hydrogen) atoms. The molecule has 1 heterocycles. The van der Waals surface area contributed by atoms with Crippen LogP contribution in [0.3, 0.4) is 0 Å². The van der Waals surface area contributed by atoms with Gasteiger partial charge in [-0.2, -0.15) is 3.89 Å². The van der Waals surface area contributed by atoms with Gasteiger partial charge in [-0.25, -0.2) is 9.97 Å². The first-order valence-corrected chi connectivity index (χ1v) is 4.06. The van der Waals surface area contributed by atoms with Gasteiger partial charge in [-0.3, -0.25) is 0 Å². The van der Waals surface area contributed by atoms with Gasteiger partial charge in [-0.15, -0.1) is 0 Å². The lowest BCUT2D eigenvalue weighted by Crippen LogP contribution is -1.95. The Labute approximate surface area is 69.5 Å². The summed E-state index contributed by atoms with van der Waals surface area (Å²) in [5.74, 6) is 1.05. The van der Waals surface area contributed by atoms with Crippen LogP contribution in [0.4, 0.5) is 3.89 Å². The summed E-state index contributed by atoms with van der Waals surface area (Å²) in [7, 11) is 0. The van der Waals surface area contributed by atoms with E-state index in [9.17, 15) is 3.89 Å². The van der Waals surface area contributed by atoms with E-state index in [4.69, 9.17) is 0 Å². The molecule has 0 N–H and O–H groups in total. The highest BCUT2D eigenvalue weighted by Gasteiger charge is 2.01. The van der Waals surface area contributed by atoms with E-state index in [1.807, 2.05) is 13.8 Å². The number of halogens is 1. The first-order valence-electron chi connectivity index (χ1n) is 3.34. The highest BCUT2D eigenvalue weighted by molar-refractivity contribution is 7.94. The lowest BCUT2D eigenvalue weighted by Gasteiger charge is -2.01. The molecule has 0 aliphatic carbocycles. The van der Waals surface area contributed by atoms with E-state index in [-0.39, 0.29) is 12.1 Å². The quantitative estimate of drug-likeness (QED) is 0.685. The lowest BCUT2D eigenvalue weighted by molar-refractivity contribution is 0.764. The van der Waals surface area contributed by atoms with E-state index in [2.05, 4.69) is 9.97 Å². The molecule has 0 aromatic carbocycles. The van der Waals surface area contributed by atoms with Crippen molar-refractivity contribution in [1.82, 2.24) is 9.97 Å². The zero-order chi connectivity index (χ0) is 8.27. The Balaban J connectivity index is 2.83. The van der Waals surface area contributed by atoms with Crippen LogP contribution in [0.1, 0.15) is 25.6 Å². The third-order valence-electron chi connectivity index (χ3n) is 1.25. The van der Waals surface area contributed by atoms with Crippen LogP contribution in [0.15, 0.2) is 17.3 Å². The van der Waals surface area contributed by atoms with Crippen molar-refractivity contribution in [3.8, 4) is 0 Å². The summed E-state index contributed by atoms with van der Waals surface area (Å²) in [6.07, 6.45) is 2.99. The summed E-state index contributed by atoms with van der Waals surface area (Å²) >= 11 is 0.164. The van der Waals surface area contributed by atoms with Crippen molar-refractivity contribution >= 4 is 12.1 Å². The number of nitrogens with zero attached hydrogens (tertiary/aromatic N) is 2. The molecule has 1 rings (SSSR count). The van der Waals surface area contributed by atoms with Crippen molar-refractivity contribution in [2.75, 3.05) is 0 Å². The largest absolute Gasteiger partial charge is 0.240 e. The van der Waals surface area contributed by atoms with Crippen LogP contribution in [-0.2, 0) is 0 Å². The van der Waals surface area contributed by atoms with Crippen LogP contribution >= 0.6 is 12.1 Å². The number of hydrogen-bond acceptors (Lipinski definition) is 3. The van der Waals surface area contributed by atoms with Gasteiger partial charge in [-0.05, 0) is 0 Å². The van der Waals surface area contributed by atoms with Crippen LogP contribution in [-0.4, -0.2) is 9.97 Å². The molecule has 0 fully saturated rings. The summed E-state index contributed by atoms with van der Waals surface area (Å²) in [5, 5.41) is 0. The van der Waals surface area contributed by atoms with Crippen molar-refractivity contribution in [1.29, 1.82) is 0 Å². The van der Waals surface area contributed by atoms with Gasteiger partial charge < -0.3 is 0 Å². The summed E-state index contributed by atoms with van der Waals surface area (Å²) in [4.78, 5) is 8.41. The molecule has 0 bridgehead atoms. The average molecular weight is 172 g/mol. The van der Waals surface area contributed by atoms with Gasteiger partial charge in [0.1, 0.15) is 5.82 Å². The van der Waals surface area contributed by atoms with Gasteiger partial charge in [0.15, 0.2) is 0 Å². The fourth-order valence-electron chi connectivity index (χ4n) is 0.664. The van der Waals surface area contributed by atoms with Crippen molar-refractivity contribution in [3.05, 3.63) is 18.2 Å². The molecular weight excluding hydrogens is 163 g/mol. The predicted octanol–water partition coefficient (Wildman–Crippen LogP) is 2.58. The van der Waals surface area contributed by atoms with E-state index in [0.29, 0.717) is 10.8 Å². The molecule has 0 saturated heterocycles. The zero-order valence-electron chi connectivity index (χ0n) is 6.41. The smallest absolute Gasteiger partial charge is 0.130 e. The van der Waals surface area contributed by atoms with Crippen LogP contribution in [0.25, 0.3) is 0 Å². The van der Waals surface area contributed by atoms with Gasteiger partial charge in [0, 0.05) is 18.3 Å². The monoisotopic (exact) mass is 172 g/mol. The minimum atomic E-state index is 0.164. The van der Waals surface area contributed by atoms with E-state index in [1.54, 1.807) is 0 Å². The van der Waals surface area contributed by atoms with Crippen molar-refractivity contribution < 1.29 is 3.89 Å². The maximum Gasteiger partial charge on any atom is 0.130 e. The molecular formula is C7H9FN2S. The lowest BCUT2D eigenvalue weighted by atomic mass is 10.2. The summed E-state index contributed by atoms with van der Waals surface area (Å²) < 4.78 is 11.9.